The lowest BCUT2D eigenvalue weighted by atomic mass is 9.94. The van der Waals surface area contributed by atoms with Crippen LogP contribution in [0.1, 0.15) is 47.4 Å². The maximum absolute atomic E-state index is 13.0. The molecule has 5 rings (SSSR count). The molecule has 0 aliphatic carbocycles. The average Bonchev–Trinajstić information content (AvgIpc) is 2.84. The lowest BCUT2D eigenvalue weighted by molar-refractivity contribution is -0.116. The number of carbonyl (C=O) groups excluding carboxylic acids is 3. The zero-order chi connectivity index (χ0) is 24.5. The molecule has 2 aliphatic rings. The summed E-state index contributed by atoms with van der Waals surface area (Å²) < 4.78 is 5.77. The smallest absolute Gasteiger partial charge is 0.261 e. The van der Waals surface area contributed by atoms with Gasteiger partial charge in [0, 0.05) is 42.6 Å². The van der Waals surface area contributed by atoms with Gasteiger partial charge in [0.2, 0.25) is 5.91 Å². The number of benzene rings is 2. The Bertz CT molecular complexity index is 1230. The molecule has 3 aromatic rings. The first-order valence-corrected chi connectivity index (χ1v) is 11.9. The SMILES string of the molecule is CC1CN(c2ccc(NC(=O)CCCN3C(=O)c4cccc5cccc(c45)C3=O)cn2)CC(C)O1. The fourth-order valence-corrected chi connectivity index (χ4v) is 4.92. The molecule has 1 saturated heterocycles. The predicted molar refractivity (Wildman–Crippen MR) is 134 cm³/mol. The first-order chi connectivity index (χ1) is 16.9. The highest BCUT2D eigenvalue weighted by Gasteiger charge is 2.32. The Morgan fingerprint density at radius 1 is 1.00 bits per heavy atom. The molecule has 1 N–H and O–H groups in total. The van der Waals surface area contributed by atoms with Crippen molar-refractivity contribution in [2.75, 3.05) is 29.9 Å². The summed E-state index contributed by atoms with van der Waals surface area (Å²) in [6.07, 6.45) is 2.48. The maximum atomic E-state index is 13.0. The molecule has 2 unspecified atom stereocenters. The van der Waals surface area contributed by atoms with Crippen molar-refractivity contribution in [3.63, 3.8) is 0 Å². The molecule has 0 bridgehead atoms. The van der Waals surface area contributed by atoms with Crippen molar-refractivity contribution in [3.8, 4) is 0 Å². The molecule has 8 heteroatoms. The molecule has 1 aromatic heterocycles. The van der Waals surface area contributed by atoms with Crippen LogP contribution < -0.4 is 10.2 Å². The van der Waals surface area contributed by atoms with E-state index in [1.807, 2.05) is 50.2 Å². The maximum Gasteiger partial charge on any atom is 0.261 e. The highest BCUT2D eigenvalue weighted by Crippen LogP contribution is 2.30. The summed E-state index contributed by atoms with van der Waals surface area (Å²) in [5.41, 5.74) is 1.66. The second kappa shape index (κ2) is 9.46. The van der Waals surface area contributed by atoms with Crippen LogP contribution in [0.5, 0.6) is 0 Å². The van der Waals surface area contributed by atoms with Crippen LogP contribution in [-0.2, 0) is 9.53 Å². The van der Waals surface area contributed by atoms with Gasteiger partial charge in [-0.25, -0.2) is 4.98 Å². The van der Waals surface area contributed by atoms with Crippen molar-refractivity contribution in [3.05, 3.63) is 65.9 Å². The highest BCUT2D eigenvalue weighted by molar-refractivity contribution is 6.25. The van der Waals surface area contributed by atoms with Crippen molar-refractivity contribution in [1.82, 2.24) is 9.88 Å². The van der Waals surface area contributed by atoms with Crippen LogP contribution in [-0.4, -0.2) is 59.4 Å². The Hall–Kier alpha value is -3.78. The monoisotopic (exact) mass is 472 g/mol. The quantitative estimate of drug-likeness (QED) is 0.548. The third-order valence-electron chi connectivity index (χ3n) is 6.42. The van der Waals surface area contributed by atoms with Gasteiger partial charge in [-0.15, -0.1) is 0 Å². The zero-order valence-electron chi connectivity index (χ0n) is 19.9. The fourth-order valence-electron chi connectivity index (χ4n) is 4.92. The van der Waals surface area contributed by atoms with E-state index in [9.17, 15) is 14.4 Å². The second-order valence-corrected chi connectivity index (χ2v) is 9.19. The number of anilines is 2. The molecule has 2 atom stereocenters. The van der Waals surface area contributed by atoms with Crippen LogP contribution in [0.15, 0.2) is 54.7 Å². The Morgan fingerprint density at radius 2 is 1.66 bits per heavy atom. The van der Waals surface area contributed by atoms with E-state index in [2.05, 4.69) is 15.2 Å². The van der Waals surface area contributed by atoms with E-state index in [-0.39, 0.29) is 42.9 Å². The first-order valence-electron chi connectivity index (χ1n) is 11.9. The van der Waals surface area contributed by atoms with E-state index >= 15 is 0 Å². The normalized spacial score (nSPS) is 19.8. The average molecular weight is 473 g/mol. The van der Waals surface area contributed by atoms with Gasteiger partial charge >= 0.3 is 0 Å². The van der Waals surface area contributed by atoms with E-state index in [1.165, 1.54) is 4.90 Å². The molecule has 0 radical (unpaired) electrons. The van der Waals surface area contributed by atoms with Gasteiger partial charge in [-0.2, -0.15) is 0 Å². The Kier molecular flexibility index (Phi) is 6.21. The molecule has 3 amide bonds. The number of pyridine rings is 1. The Balaban J connectivity index is 1.16. The minimum Gasteiger partial charge on any atom is -0.372 e. The first kappa shape index (κ1) is 23.0. The number of ether oxygens (including phenoxy) is 1. The van der Waals surface area contributed by atoms with Gasteiger partial charge < -0.3 is 15.0 Å². The van der Waals surface area contributed by atoms with Crippen molar-refractivity contribution in [2.45, 2.75) is 38.9 Å². The summed E-state index contributed by atoms with van der Waals surface area (Å²) in [5.74, 6) is 0.0347. The number of amides is 3. The molecule has 8 nitrogen and oxygen atoms in total. The fraction of sp³-hybridized carbons (Fsp3) is 0.333. The standard InChI is InChI=1S/C27H28N4O4/c1-17-15-30(16-18(2)35-17)23-12-11-20(14-28-23)29-24(32)10-5-13-31-26(33)21-8-3-6-19-7-4-9-22(25(19)21)27(31)34/h3-4,6-9,11-12,14,17-18H,5,10,13,15-16H2,1-2H3,(H,29,32). The summed E-state index contributed by atoms with van der Waals surface area (Å²) in [6, 6.07) is 14.6. The Labute approximate surface area is 203 Å². The summed E-state index contributed by atoms with van der Waals surface area (Å²) in [6.45, 7) is 5.81. The van der Waals surface area contributed by atoms with Gasteiger partial charge in [0.25, 0.3) is 11.8 Å². The summed E-state index contributed by atoms with van der Waals surface area (Å²) in [5, 5.41) is 4.43. The van der Waals surface area contributed by atoms with E-state index in [4.69, 9.17) is 4.74 Å². The molecule has 2 aromatic carbocycles. The third-order valence-corrected chi connectivity index (χ3v) is 6.42. The summed E-state index contributed by atoms with van der Waals surface area (Å²) in [7, 11) is 0. The lowest BCUT2D eigenvalue weighted by Crippen LogP contribution is -2.45. The molecule has 35 heavy (non-hydrogen) atoms. The number of nitrogens with one attached hydrogen (secondary N) is 1. The molecule has 2 aliphatic heterocycles. The van der Waals surface area contributed by atoms with E-state index in [0.29, 0.717) is 28.6 Å². The molecular formula is C27H28N4O4. The van der Waals surface area contributed by atoms with E-state index < -0.39 is 0 Å². The molecule has 0 spiro atoms. The number of nitrogens with zero attached hydrogens (tertiary/aromatic N) is 3. The molecule has 0 saturated carbocycles. The van der Waals surface area contributed by atoms with Crippen LogP contribution in [0, 0.1) is 0 Å². The molecular weight excluding hydrogens is 444 g/mol. The van der Waals surface area contributed by atoms with Crippen LogP contribution in [0.4, 0.5) is 11.5 Å². The highest BCUT2D eigenvalue weighted by atomic mass is 16.5. The zero-order valence-corrected chi connectivity index (χ0v) is 19.9. The van der Waals surface area contributed by atoms with Gasteiger partial charge in [0.05, 0.1) is 24.1 Å². The largest absolute Gasteiger partial charge is 0.372 e. The van der Waals surface area contributed by atoms with Crippen molar-refractivity contribution < 1.29 is 19.1 Å². The number of hydrogen-bond acceptors (Lipinski definition) is 6. The number of hydrogen-bond donors (Lipinski definition) is 1. The van der Waals surface area contributed by atoms with Crippen LogP contribution in [0.2, 0.25) is 0 Å². The van der Waals surface area contributed by atoms with Gasteiger partial charge in [0.15, 0.2) is 0 Å². The van der Waals surface area contributed by atoms with Crippen molar-refractivity contribution in [2.24, 2.45) is 0 Å². The second-order valence-electron chi connectivity index (χ2n) is 9.19. The number of rotatable bonds is 6. The van der Waals surface area contributed by atoms with Crippen LogP contribution in [0.25, 0.3) is 10.8 Å². The minimum absolute atomic E-state index is 0.139. The molecule has 1 fully saturated rings. The van der Waals surface area contributed by atoms with Gasteiger partial charge in [0.1, 0.15) is 5.82 Å². The summed E-state index contributed by atoms with van der Waals surface area (Å²) in [4.78, 5) is 46.3. The minimum atomic E-state index is -0.314. The van der Waals surface area contributed by atoms with Gasteiger partial charge in [-0.3, -0.25) is 19.3 Å². The van der Waals surface area contributed by atoms with Gasteiger partial charge in [-0.1, -0.05) is 24.3 Å². The third kappa shape index (κ3) is 4.61. The number of imide groups is 1. The van der Waals surface area contributed by atoms with Crippen LogP contribution in [0.3, 0.4) is 0 Å². The number of morpholine rings is 1. The number of aromatic nitrogens is 1. The van der Waals surface area contributed by atoms with E-state index in [1.54, 1.807) is 18.3 Å². The van der Waals surface area contributed by atoms with Crippen molar-refractivity contribution in [1.29, 1.82) is 0 Å². The van der Waals surface area contributed by atoms with E-state index in [0.717, 1.165) is 24.3 Å². The summed E-state index contributed by atoms with van der Waals surface area (Å²) >= 11 is 0. The molecule has 180 valence electrons. The van der Waals surface area contributed by atoms with Crippen LogP contribution >= 0.6 is 0 Å². The van der Waals surface area contributed by atoms with Gasteiger partial charge in [-0.05, 0) is 49.9 Å². The molecule has 3 heterocycles. The van der Waals surface area contributed by atoms with Crippen molar-refractivity contribution >= 4 is 40.0 Å². The Morgan fingerprint density at radius 3 is 2.26 bits per heavy atom. The predicted octanol–water partition coefficient (Wildman–Crippen LogP) is 3.86. The topological polar surface area (TPSA) is 91.8 Å². The number of carbonyl (C=O) groups is 3. The lowest BCUT2D eigenvalue weighted by Gasteiger charge is -2.36.